The first-order valence-electron chi connectivity index (χ1n) is 9.26. The maximum absolute atomic E-state index is 12.4. The molecule has 0 bridgehead atoms. The molecule has 1 amide bonds. The second-order valence-corrected chi connectivity index (χ2v) is 6.77. The molecule has 0 spiro atoms. The first-order valence-corrected chi connectivity index (χ1v) is 9.26. The first kappa shape index (κ1) is 17.4. The average Bonchev–Trinajstić information content (AvgIpc) is 3.43. The van der Waals surface area contributed by atoms with Crippen LogP contribution in [0.2, 0.25) is 0 Å². The zero-order valence-corrected chi connectivity index (χ0v) is 15.6. The molecule has 142 valence electrons. The number of carbonyl (C=O) groups is 1. The van der Waals surface area contributed by atoms with E-state index in [0.717, 1.165) is 36.9 Å². The third-order valence-corrected chi connectivity index (χ3v) is 5.21. The second kappa shape index (κ2) is 7.34. The number of carbonyl (C=O) groups excluding carboxylic acids is 1. The van der Waals surface area contributed by atoms with Crippen LogP contribution < -0.4 is 0 Å². The predicted molar refractivity (Wildman–Crippen MR) is 96.1 cm³/mol. The normalized spacial score (nSPS) is 15.4. The summed E-state index contributed by atoms with van der Waals surface area (Å²) in [4.78, 5) is 18.5. The van der Waals surface area contributed by atoms with Gasteiger partial charge < -0.3 is 18.6 Å². The van der Waals surface area contributed by atoms with Crippen molar-refractivity contribution in [3.63, 3.8) is 0 Å². The Morgan fingerprint density at radius 3 is 2.74 bits per heavy atom. The lowest BCUT2D eigenvalue weighted by atomic mass is 9.95. The summed E-state index contributed by atoms with van der Waals surface area (Å²) in [5.74, 6) is 3.14. The lowest BCUT2D eigenvalue weighted by Gasteiger charge is -2.31. The molecule has 9 nitrogen and oxygen atoms in total. The van der Waals surface area contributed by atoms with Gasteiger partial charge in [0, 0.05) is 44.0 Å². The standard InChI is InChI=1S/C18H23N7O2/c1-3-25-16(12-24-10-7-19-13(24)2)20-21-17(25)14-4-8-23(9-5-14)18(26)15-6-11-27-22-15/h6-7,10-11,14H,3-5,8-9,12H2,1-2H3. The number of imidazole rings is 1. The van der Waals surface area contributed by atoms with E-state index in [0.29, 0.717) is 31.2 Å². The van der Waals surface area contributed by atoms with Gasteiger partial charge in [0.25, 0.3) is 5.91 Å². The highest BCUT2D eigenvalue weighted by Crippen LogP contribution is 2.28. The number of rotatable bonds is 5. The van der Waals surface area contributed by atoms with Gasteiger partial charge in [0.05, 0.1) is 6.54 Å². The first-order chi connectivity index (χ1) is 13.2. The largest absolute Gasteiger partial charge is 0.364 e. The van der Waals surface area contributed by atoms with Crippen LogP contribution in [0.15, 0.2) is 29.2 Å². The van der Waals surface area contributed by atoms with Crippen LogP contribution in [0.3, 0.4) is 0 Å². The van der Waals surface area contributed by atoms with Gasteiger partial charge in [0.2, 0.25) is 0 Å². The van der Waals surface area contributed by atoms with Crippen molar-refractivity contribution in [2.24, 2.45) is 0 Å². The fraction of sp³-hybridized carbons (Fsp3) is 0.500. The maximum Gasteiger partial charge on any atom is 0.276 e. The van der Waals surface area contributed by atoms with Gasteiger partial charge in [-0.1, -0.05) is 5.16 Å². The molecular weight excluding hydrogens is 346 g/mol. The lowest BCUT2D eigenvalue weighted by molar-refractivity contribution is 0.0699. The van der Waals surface area contributed by atoms with Crippen molar-refractivity contribution in [1.29, 1.82) is 0 Å². The summed E-state index contributed by atoms with van der Waals surface area (Å²) in [5, 5.41) is 12.7. The van der Waals surface area contributed by atoms with E-state index in [1.165, 1.54) is 6.26 Å². The van der Waals surface area contributed by atoms with E-state index < -0.39 is 0 Å². The van der Waals surface area contributed by atoms with Crippen molar-refractivity contribution >= 4 is 5.91 Å². The van der Waals surface area contributed by atoms with Gasteiger partial charge in [-0.25, -0.2) is 4.98 Å². The van der Waals surface area contributed by atoms with Crippen molar-refractivity contribution in [1.82, 2.24) is 34.4 Å². The highest BCUT2D eigenvalue weighted by molar-refractivity contribution is 5.92. The van der Waals surface area contributed by atoms with Gasteiger partial charge in [-0.05, 0) is 26.7 Å². The Morgan fingerprint density at radius 2 is 2.11 bits per heavy atom. The fourth-order valence-corrected chi connectivity index (χ4v) is 3.66. The summed E-state index contributed by atoms with van der Waals surface area (Å²) in [5.41, 5.74) is 0.364. The molecule has 1 aliphatic rings. The minimum atomic E-state index is -0.0737. The van der Waals surface area contributed by atoms with Crippen LogP contribution in [0, 0.1) is 6.92 Å². The Kier molecular flexibility index (Phi) is 4.74. The van der Waals surface area contributed by atoms with E-state index in [4.69, 9.17) is 4.52 Å². The van der Waals surface area contributed by atoms with E-state index in [9.17, 15) is 4.79 Å². The lowest BCUT2D eigenvalue weighted by Crippen LogP contribution is -2.38. The smallest absolute Gasteiger partial charge is 0.276 e. The van der Waals surface area contributed by atoms with E-state index in [1.54, 1.807) is 12.3 Å². The van der Waals surface area contributed by atoms with Crippen LogP contribution in [0.4, 0.5) is 0 Å². The summed E-state index contributed by atoms with van der Waals surface area (Å²) in [7, 11) is 0. The van der Waals surface area contributed by atoms with Gasteiger partial charge in [0.15, 0.2) is 11.5 Å². The van der Waals surface area contributed by atoms with Crippen molar-refractivity contribution in [3.05, 3.63) is 47.9 Å². The molecule has 1 fully saturated rings. The fourth-order valence-electron chi connectivity index (χ4n) is 3.66. The predicted octanol–water partition coefficient (Wildman–Crippen LogP) is 1.86. The summed E-state index contributed by atoms with van der Waals surface area (Å²) in [6, 6.07) is 1.60. The number of hydrogen-bond acceptors (Lipinski definition) is 6. The number of hydrogen-bond donors (Lipinski definition) is 0. The number of nitrogens with zero attached hydrogens (tertiary/aromatic N) is 7. The van der Waals surface area contributed by atoms with E-state index >= 15 is 0 Å². The quantitative estimate of drug-likeness (QED) is 0.681. The van der Waals surface area contributed by atoms with Gasteiger partial charge in [-0.3, -0.25) is 4.79 Å². The van der Waals surface area contributed by atoms with Crippen molar-refractivity contribution in [2.45, 2.75) is 45.7 Å². The van der Waals surface area contributed by atoms with Crippen LogP contribution in [0.1, 0.15) is 53.6 Å². The highest BCUT2D eigenvalue weighted by atomic mass is 16.5. The number of aryl methyl sites for hydroxylation is 1. The van der Waals surface area contributed by atoms with Gasteiger partial charge in [-0.15, -0.1) is 10.2 Å². The molecule has 9 heteroatoms. The van der Waals surface area contributed by atoms with E-state index in [2.05, 4.69) is 36.4 Å². The Labute approximate surface area is 157 Å². The number of piperidine rings is 1. The van der Waals surface area contributed by atoms with Crippen molar-refractivity contribution in [3.8, 4) is 0 Å². The van der Waals surface area contributed by atoms with Gasteiger partial charge >= 0.3 is 0 Å². The zero-order valence-electron chi connectivity index (χ0n) is 15.6. The molecule has 0 aromatic carbocycles. The molecule has 0 saturated carbocycles. The molecule has 0 unspecified atom stereocenters. The Hall–Kier alpha value is -2.97. The molecule has 1 saturated heterocycles. The van der Waals surface area contributed by atoms with Crippen LogP contribution >= 0.6 is 0 Å². The molecule has 0 N–H and O–H groups in total. The Balaban J connectivity index is 1.45. The molecule has 4 rings (SSSR count). The maximum atomic E-state index is 12.4. The number of amides is 1. The molecule has 4 heterocycles. The average molecular weight is 369 g/mol. The molecule has 0 radical (unpaired) electrons. The van der Waals surface area contributed by atoms with E-state index in [-0.39, 0.29) is 5.91 Å². The molecule has 1 aliphatic heterocycles. The molecule has 0 aliphatic carbocycles. The van der Waals surface area contributed by atoms with Crippen LogP contribution in [0.5, 0.6) is 0 Å². The molecule has 0 atom stereocenters. The summed E-state index contributed by atoms with van der Waals surface area (Å²) >= 11 is 0. The Morgan fingerprint density at radius 1 is 1.30 bits per heavy atom. The summed E-state index contributed by atoms with van der Waals surface area (Å²) < 4.78 is 9.04. The minimum absolute atomic E-state index is 0.0737. The van der Waals surface area contributed by atoms with Crippen LogP contribution in [-0.2, 0) is 13.1 Å². The summed E-state index contributed by atoms with van der Waals surface area (Å²) in [6.45, 7) is 6.95. The second-order valence-electron chi connectivity index (χ2n) is 6.77. The van der Waals surface area contributed by atoms with Crippen LogP contribution in [-0.4, -0.2) is 53.4 Å². The minimum Gasteiger partial charge on any atom is -0.364 e. The summed E-state index contributed by atoms with van der Waals surface area (Å²) in [6.07, 6.45) is 6.91. The number of likely N-dealkylation sites (tertiary alicyclic amines) is 1. The number of aromatic nitrogens is 6. The highest BCUT2D eigenvalue weighted by Gasteiger charge is 2.29. The van der Waals surface area contributed by atoms with Gasteiger partial charge in [0.1, 0.15) is 17.9 Å². The molecule has 3 aromatic rings. The van der Waals surface area contributed by atoms with E-state index in [1.807, 2.05) is 18.0 Å². The van der Waals surface area contributed by atoms with Crippen molar-refractivity contribution < 1.29 is 9.32 Å². The molecule has 3 aromatic heterocycles. The Bertz CT molecular complexity index is 904. The van der Waals surface area contributed by atoms with Gasteiger partial charge in [-0.2, -0.15) is 0 Å². The monoisotopic (exact) mass is 369 g/mol. The van der Waals surface area contributed by atoms with Crippen molar-refractivity contribution in [2.75, 3.05) is 13.1 Å². The third-order valence-electron chi connectivity index (χ3n) is 5.21. The molecular formula is C18H23N7O2. The molecule has 27 heavy (non-hydrogen) atoms. The topological polar surface area (TPSA) is 94.9 Å². The van der Waals surface area contributed by atoms with Crippen LogP contribution in [0.25, 0.3) is 0 Å². The third kappa shape index (κ3) is 3.36. The zero-order chi connectivity index (χ0) is 18.8. The SMILES string of the molecule is CCn1c(Cn2ccnc2C)nnc1C1CCN(C(=O)c2ccon2)CC1.